The maximum Gasteiger partial charge on any atom is 0.305 e. The lowest BCUT2D eigenvalue weighted by atomic mass is 10.0. The molecule has 0 aliphatic heterocycles. The molecule has 75 heavy (non-hydrogen) atoms. The van der Waals surface area contributed by atoms with Gasteiger partial charge in [-0.1, -0.05) is 307 Å². The van der Waals surface area contributed by atoms with E-state index in [9.17, 15) is 19.8 Å². The van der Waals surface area contributed by atoms with Crippen LogP contribution in [0, 0.1) is 0 Å². The molecule has 0 saturated heterocycles. The second-order valence-corrected chi connectivity index (χ2v) is 23.1. The zero-order valence-corrected chi connectivity index (χ0v) is 50.5. The molecule has 442 valence electrons. The minimum Gasteiger partial charge on any atom is -0.466 e. The van der Waals surface area contributed by atoms with Crippen LogP contribution in [0.15, 0.2) is 36.5 Å². The number of esters is 1. The van der Waals surface area contributed by atoms with Gasteiger partial charge < -0.3 is 20.3 Å². The average Bonchev–Trinajstić information content (AvgIpc) is 3.41. The van der Waals surface area contributed by atoms with Crippen LogP contribution >= 0.6 is 0 Å². The third-order valence-corrected chi connectivity index (χ3v) is 15.6. The van der Waals surface area contributed by atoms with Crippen molar-refractivity contribution in [3.8, 4) is 0 Å². The van der Waals surface area contributed by atoms with Crippen LogP contribution < -0.4 is 5.32 Å². The van der Waals surface area contributed by atoms with Crippen LogP contribution in [0.1, 0.15) is 367 Å². The maximum absolute atomic E-state index is 12.5. The fourth-order valence-electron chi connectivity index (χ4n) is 10.4. The lowest BCUT2D eigenvalue weighted by Crippen LogP contribution is -2.45. The van der Waals surface area contributed by atoms with Gasteiger partial charge in [0.15, 0.2) is 0 Å². The SMILES string of the molecule is CCCCCCCCC/C=C\CCCCCCCCCC(=O)OCCCCCCCCCCCCCC/C=C\CCCCCCCCCCCC(=O)NC(CO)C(O)/C=C/CCCCCCCCCCCCCCC. The van der Waals surface area contributed by atoms with Crippen LogP contribution in [-0.4, -0.2) is 47.4 Å². The Morgan fingerprint density at radius 1 is 0.360 bits per heavy atom. The van der Waals surface area contributed by atoms with Gasteiger partial charge in [0.1, 0.15) is 0 Å². The van der Waals surface area contributed by atoms with Gasteiger partial charge >= 0.3 is 5.97 Å². The largest absolute Gasteiger partial charge is 0.466 e. The van der Waals surface area contributed by atoms with Crippen molar-refractivity contribution in [3.63, 3.8) is 0 Å². The molecule has 3 N–H and O–H groups in total. The molecule has 0 aromatic heterocycles. The Bertz CT molecular complexity index is 1210. The van der Waals surface area contributed by atoms with Gasteiger partial charge in [0.2, 0.25) is 5.91 Å². The molecule has 0 rings (SSSR count). The first kappa shape index (κ1) is 73.1. The van der Waals surface area contributed by atoms with Gasteiger partial charge in [-0.25, -0.2) is 0 Å². The fourth-order valence-corrected chi connectivity index (χ4v) is 10.4. The molecule has 0 radical (unpaired) electrons. The van der Waals surface area contributed by atoms with Crippen molar-refractivity contribution in [2.45, 2.75) is 379 Å². The molecule has 0 saturated carbocycles. The number of rotatable bonds is 63. The summed E-state index contributed by atoms with van der Waals surface area (Å²) >= 11 is 0. The molecule has 0 aliphatic carbocycles. The van der Waals surface area contributed by atoms with Crippen LogP contribution in [0.4, 0.5) is 0 Å². The van der Waals surface area contributed by atoms with E-state index in [1.165, 1.54) is 295 Å². The Balaban J connectivity index is 3.40. The topological polar surface area (TPSA) is 95.9 Å². The van der Waals surface area contributed by atoms with E-state index in [-0.39, 0.29) is 18.5 Å². The molecule has 2 atom stereocenters. The van der Waals surface area contributed by atoms with Gasteiger partial charge in [-0.3, -0.25) is 9.59 Å². The predicted molar refractivity (Wildman–Crippen MR) is 329 cm³/mol. The fraction of sp³-hybridized carbons (Fsp3) is 0.884. The smallest absolute Gasteiger partial charge is 0.305 e. The quantitative estimate of drug-likeness (QED) is 0.0320. The second kappa shape index (κ2) is 64.6. The number of hydrogen-bond acceptors (Lipinski definition) is 5. The molecule has 6 heteroatoms. The number of allylic oxidation sites excluding steroid dienone is 5. The van der Waals surface area contributed by atoms with Crippen LogP contribution in [0.2, 0.25) is 0 Å². The van der Waals surface area contributed by atoms with Gasteiger partial charge in [-0.05, 0) is 83.5 Å². The Kier molecular flexibility index (Phi) is 63.0. The number of nitrogens with one attached hydrogen (secondary N) is 1. The summed E-state index contributed by atoms with van der Waals surface area (Å²) in [5.41, 5.74) is 0. The molecule has 0 aromatic carbocycles. The molecule has 6 nitrogen and oxygen atoms in total. The highest BCUT2D eigenvalue weighted by molar-refractivity contribution is 5.76. The van der Waals surface area contributed by atoms with Crippen molar-refractivity contribution < 1.29 is 24.5 Å². The predicted octanol–water partition coefficient (Wildman–Crippen LogP) is 21.5. The number of amides is 1. The van der Waals surface area contributed by atoms with Crippen molar-refractivity contribution >= 4 is 11.9 Å². The van der Waals surface area contributed by atoms with Crippen molar-refractivity contribution in [1.82, 2.24) is 5.32 Å². The van der Waals surface area contributed by atoms with E-state index in [2.05, 4.69) is 43.5 Å². The Morgan fingerprint density at radius 3 is 0.947 bits per heavy atom. The number of aliphatic hydroxyl groups is 2. The highest BCUT2D eigenvalue weighted by Gasteiger charge is 2.18. The summed E-state index contributed by atoms with van der Waals surface area (Å²) in [6, 6.07) is -0.630. The summed E-state index contributed by atoms with van der Waals surface area (Å²) in [5, 5.41) is 23.1. The van der Waals surface area contributed by atoms with Crippen molar-refractivity contribution in [2.75, 3.05) is 13.2 Å². The molecule has 1 amide bonds. The lowest BCUT2D eigenvalue weighted by molar-refractivity contribution is -0.143. The summed E-state index contributed by atoms with van der Waals surface area (Å²) in [4.78, 5) is 24.6. The van der Waals surface area contributed by atoms with Crippen LogP contribution in [0.5, 0.6) is 0 Å². The molecule has 0 aliphatic rings. The highest BCUT2D eigenvalue weighted by Crippen LogP contribution is 2.17. The third-order valence-electron chi connectivity index (χ3n) is 15.6. The summed E-state index contributed by atoms with van der Waals surface area (Å²) in [6.45, 7) is 4.92. The minimum atomic E-state index is -0.846. The monoisotopic (exact) mass is 1050 g/mol. The van der Waals surface area contributed by atoms with Gasteiger partial charge in [-0.15, -0.1) is 0 Å². The average molecular weight is 1050 g/mol. The summed E-state index contributed by atoms with van der Waals surface area (Å²) in [5.74, 6) is -0.0591. The van der Waals surface area contributed by atoms with Gasteiger partial charge in [-0.2, -0.15) is 0 Å². The van der Waals surface area contributed by atoms with E-state index < -0.39 is 12.1 Å². The Labute approximate surface area is 468 Å². The van der Waals surface area contributed by atoms with E-state index in [4.69, 9.17) is 4.74 Å². The Hall–Kier alpha value is -1.92. The van der Waals surface area contributed by atoms with Gasteiger partial charge in [0.05, 0.1) is 25.4 Å². The number of carbonyl (C=O) groups is 2. The lowest BCUT2D eigenvalue weighted by Gasteiger charge is -2.20. The molecule has 0 heterocycles. The Morgan fingerprint density at radius 2 is 0.627 bits per heavy atom. The summed E-state index contributed by atoms with van der Waals surface area (Å²) in [7, 11) is 0. The van der Waals surface area contributed by atoms with E-state index in [0.29, 0.717) is 19.4 Å². The highest BCUT2D eigenvalue weighted by atomic mass is 16.5. The molecule has 0 aromatic rings. The molecule has 0 spiro atoms. The van der Waals surface area contributed by atoms with Gasteiger partial charge in [0, 0.05) is 12.8 Å². The number of unbranched alkanes of at least 4 members (excludes halogenated alkanes) is 48. The standard InChI is InChI=1S/C69H131NO5/c1-3-5-7-9-11-13-15-17-19-20-31-35-39-43-47-51-55-59-63-69(74)75-64-60-56-52-48-44-40-36-32-29-27-25-23-21-22-24-26-28-30-34-38-42-46-50-54-58-62-68(73)70-66(65-71)67(72)61-57-53-49-45-41-37-33-18-16-14-12-10-8-6-4-2/h19-20,22,24,57,61,66-67,71-72H,3-18,21,23,25-56,58-60,62-65H2,1-2H3,(H,70,73)/b20-19-,24-22-,61-57+. The molecule has 2 unspecified atom stereocenters. The number of hydrogen-bond donors (Lipinski definition) is 3. The van der Waals surface area contributed by atoms with Crippen LogP contribution in [0.3, 0.4) is 0 Å². The summed E-state index contributed by atoms with van der Waals surface area (Å²) < 4.78 is 5.50. The molecular formula is C69H131NO5. The van der Waals surface area contributed by atoms with Gasteiger partial charge in [0.25, 0.3) is 0 Å². The first-order chi connectivity index (χ1) is 37.0. The summed E-state index contributed by atoms with van der Waals surface area (Å²) in [6.07, 6.45) is 82.1. The molecular weight excluding hydrogens is 923 g/mol. The molecule has 0 fully saturated rings. The molecule has 0 bridgehead atoms. The van der Waals surface area contributed by atoms with Crippen molar-refractivity contribution in [1.29, 1.82) is 0 Å². The van der Waals surface area contributed by atoms with E-state index in [1.54, 1.807) is 6.08 Å². The van der Waals surface area contributed by atoms with Crippen molar-refractivity contribution in [2.24, 2.45) is 0 Å². The van der Waals surface area contributed by atoms with E-state index in [1.807, 2.05) is 6.08 Å². The number of carbonyl (C=O) groups excluding carboxylic acids is 2. The van der Waals surface area contributed by atoms with Crippen LogP contribution in [-0.2, 0) is 14.3 Å². The zero-order chi connectivity index (χ0) is 54.3. The van der Waals surface area contributed by atoms with E-state index >= 15 is 0 Å². The van der Waals surface area contributed by atoms with Crippen LogP contribution in [0.25, 0.3) is 0 Å². The first-order valence-electron chi connectivity index (χ1n) is 33.8. The first-order valence-corrected chi connectivity index (χ1v) is 33.8. The maximum atomic E-state index is 12.5. The second-order valence-electron chi connectivity index (χ2n) is 23.1. The van der Waals surface area contributed by atoms with Crippen molar-refractivity contribution in [3.05, 3.63) is 36.5 Å². The third kappa shape index (κ3) is 61.2. The van der Waals surface area contributed by atoms with E-state index in [0.717, 1.165) is 44.9 Å². The minimum absolute atomic E-state index is 0.0104. The zero-order valence-electron chi connectivity index (χ0n) is 50.5. The number of ether oxygens (including phenoxy) is 1. The number of aliphatic hydroxyl groups excluding tert-OH is 2. The normalized spacial score (nSPS) is 12.7.